The molecule has 2 aromatic rings. The van der Waals surface area contributed by atoms with Gasteiger partial charge in [0.2, 0.25) is 11.0 Å². The molecule has 0 amide bonds. The number of rotatable bonds is 4. The first-order valence-corrected chi connectivity index (χ1v) is 9.51. The molecule has 2 fully saturated rings. The van der Waals surface area contributed by atoms with Gasteiger partial charge in [0.05, 0.1) is 5.56 Å². The minimum atomic E-state index is -3.58. The van der Waals surface area contributed by atoms with E-state index in [-0.39, 0.29) is 5.09 Å². The van der Waals surface area contributed by atoms with E-state index in [0.29, 0.717) is 36.4 Å². The van der Waals surface area contributed by atoms with Gasteiger partial charge in [0, 0.05) is 25.1 Å². The van der Waals surface area contributed by atoms with E-state index in [2.05, 4.69) is 10.2 Å². The zero-order valence-corrected chi connectivity index (χ0v) is 13.6. The van der Waals surface area contributed by atoms with Crippen molar-refractivity contribution in [1.82, 2.24) is 14.5 Å². The molecule has 1 saturated heterocycles. The van der Waals surface area contributed by atoms with Crippen molar-refractivity contribution in [2.75, 3.05) is 13.1 Å². The average Bonchev–Trinajstić information content (AvgIpc) is 3.15. The van der Waals surface area contributed by atoms with E-state index in [1.165, 1.54) is 23.1 Å². The topological polar surface area (TPSA) is 89.4 Å². The fourth-order valence-electron chi connectivity index (χ4n) is 2.97. The third kappa shape index (κ3) is 2.70. The Morgan fingerprint density at radius 1 is 1.09 bits per heavy atom. The zero-order chi connectivity index (χ0) is 15.9. The molecule has 124 valence electrons. The molecular weight excluding hydrogens is 318 g/mol. The minimum Gasteiger partial charge on any atom is -0.451 e. The Morgan fingerprint density at radius 3 is 2.57 bits per heavy atom. The summed E-state index contributed by atoms with van der Waals surface area (Å²) in [4.78, 5) is 0. The van der Waals surface area contributed by atoms with E-state index in [9.17, 15) is 8.42 Å². The van der Waals surface area contributed by atoms with Crippen molar-refractivity contribution in [2.24, 2.45) is 0 Å². The third-order valence-electron chi connectivity index (χ3n) is 4.63. The molecular formula is C15H19N3O4S. The van der Waals surface area contributed by atoms with E-state index in [0.717, 1.165) is 32.1 Å². The first-order valence-electron chi connectivity index (χ1n) is 8.07. The van der Waals surface area contributed by atoms with Crippen LogP contribution in [-0.4, -0.2) is 36.0 Å². The molecule has 0 atom stereocenters. The molecule has 0 N–H and O–H groups in total. The summed E-state index contributed by atoms with van der Waals surface area (Å²) in [7, 11) is -3.58. The normalized spacial score (nSPS) is 20.5. The molecule has 1 saturated carbocycles. The van der Waals surface area contributed by atoms with Crippen molar-refractivity contribution in [3.63, 3.8) is 0 Å². The Morgan fingerprint density at radius 2 is 1.87 bits per heavy atom. The van der Waals surface area contributed by atoms with Crippen LogP contribution >= 0.6 is 0 Å². The second-order valence-corrected chi connectivity index (χ2v) is 8.06. The lowest BCUT2D eigenvalue weighted by Gasteiger charge is -2.24. The highest BCUT2D eigenvalue weighted by Crippen LogP contribution is 2.36. The molecule has 3 heterocycles. The highest BCUT2D eigenvalue weighted by atomic mass is 32.2. The average molecular weight is 337 g/mol. The summed E-state index contributed by atoms with van der Waals surface area (Å²) >= 11 is 0. The summed E-state index contributed by atoms with van der Waals surface area (Å²) < 4.78 is 37.6. The Bertz CT molecular complexity index is 785. The van der Waals surface area contributed by atoms with E-state index >= 15 is 0 Å². The molecule has 1 aliphatic heterocycles. The van der Waals surface area contributed by atoms with Crippen LogP contribution in [0.5, 0.6) is 0 Å². The molecule has 1 aliphatic carbocycles. The molecule has 0 radical (unpaired) electrons. The van der Waals surface area contributed by atoms with Crippen molar-refractivity contribution in [3.8, 4) is 11.5 Å². The van der Waals surface area contributed by atoms with Crippen LogP contribution in [0.2, 0.25) is 0 Å². The number of furan rings is 1. The number of hydrogen-bond acceptors (Lipinski definition) is 6. The van der Waals surface area contributed by atoms with Gasteiger partial charge in [-0.2, -0.15) is 4.31 Å². The van der Waals surface area contributed by atoms with Crippen molar-refractivity contribution in [1.29, 1.82) is 0 Å². The Labute approximate surface area is 134 Å². The monoisotopic (exact) mass is 337 g/mol. The summed E-state index contributed by atoms with van der Waals surface area (Å²) in [6.07, 6.45) is 7.55. The smallest absolute Gasteiger partial charge is 0.276 e. The Balaban J connectivity index is 1.57. The summed E-state index contributed by atoms with van der Waals surface area (Å²) in [6.45, 7) is 1.09. The van der Waals surface area contributed by atoms with E-state index in [1.54, 1.807) is 0 Å². The minimum absolute atomic E-state index is 0.0576. The molecule has 0 aromatic carbocycles. The van der Waals surface area contributed by atoms with E-state index in [1.807, 2.05) is 0 Å². The number of hydrogen-bond donors (Lipinski definition) is 0. The van der Waals surface area contributed by atoms with E-state index < -0.39 is 10.0 Å². The van der Waals surface area contributed by atoms with Gasteiger partial charge >= 0.3 is 0 Å². The fraction of sp³-hybridized carbons (Fsp3) is 0.600. The molecule has 0 spiro atoms. The first-order chi connectivity index (χ1) is 11.1. The van der Waals surface area contributed by atoms with Gasteiger partial charge < -0.3 is 8.83 Å². The maximum Gasteiger partial charge on any atom is 0.276 e. The predicted molar refractivity (Wildman–Crippen MR) is 81.2 cm³/mol. The van der Waals surface area contributed by atoms with Crippen molar-refractivity contribution in [3.05, 3.63) is 18.2 Å². The molecule has 0 bridgehead atoms. The number of sulfonamides is 1. The van der Waals surface area contributed by atoms with Crippen LogP contribution in [0.1, 0.15) is 50.3 Å². The van der Waals surface area contributed by atoms with Gasteiger partial charge in [-0.05, 0) is 25.7 Å². The van der Waals surface area contributed by atoms with Crippen molar-refractivity contribution >= 4 is 10.0 Å². The van der Waals surface area contributed by atoms with Gasteiger partial charge in [0.1, 0.15) is 6.26 Å². The highest BCUT2D eigenvalue weighted by Gasteiger charge is 2.30. The summed E-state index contributed by atoms with van der Waals surface area (Å²) in [5.41, 5.74) is 0.513. The van der Waals surface area contributed by atoms with Gasteiger partial charge in [-0.3, -0.25) is 0 Å². The molecule has 2 aromatic heterocycles. The third-order valence-corrected chi connectivity index (χ3v) is 6.39. The number of aromatic nitrogens is 2. The predicted octanol–water partition coefficient (Wildman–Crippen LogP) is 2.77. The Hall–Kier alpha value is -1.67. The molecule has 0 unspecified atom stereocenters. The van der Waals surface area contributed by atoms with Crippen LogP contribution in [0.4, 0.5) is 0 Å². The van der Waals surface area contributed by atoms with Crippen LogP contribution in [0, 0.1) is 0 Å². The second kappa shape index (κ2) is 5.76. The van der Waals surface area contributed by atoms with Crippen molar-refractivity contribution in [2.45, 2.75) is 49.5 Å². The summed E-state index contributed by atoms with van der Waals surface area (Å²) in [6, 6.07) is 1.47. The molecule has 2 aliphatic rings. The second-order valence-electron chi connectivity index (χ2n) is 6.19. The lowest BCUT2D eigenvalue weighted by Crippen LogP contribution is -2.35. The van der Waals surface area contributed by atoms with Gasteiger partial charge in [0.25, 0.3) is 15.9 Å². The summed E-state index contributed by atoms with van der Waals surface area (Å²) in [5, 5.41) is 8.01. The standard InChI is InChI=1S/C15H19N3O4S/c19-23(20,18-7-2-1-3-8-18)13-9-12(10-21-13)15-17-16-14(22-15)11-5-4-6-11/h9-11H,1-8H2. The highest BCUT2D eigenvalue weighted by molar-refractivity contribution is 7.89. The lowest BCUT2D eigenvalue weighted by atomic mass is 9.85. The maximum atomic E-state index is 12.6. The van der Waals surface area contributed by atoms with Crippen LogP contribution in [0.3, 0.4) is 0 Å². The van der Waals surface area contributed by atoms with Gasteiger partial charge in [-0.15, -0.1) is 10.2 Å². The SMILES string of the molecule is O=S(=O)(c1cc(-c2nnc(C3CCC3)o2)co1)N1CCCCC1. The largest absolute Gasteiger partial charge is 0.451 e. The first kappa shape index (κ1) is 14.9. The lowest BCUT2D eigenvalue weighted by molar-refractivity contribution is 0.332. The fourth-order valence-corrected chi connectivity index (χ4v) is 4.41. The molecule has 23 heavy (non-hydrogen) atoms. The van der Waals surface area contributed by atoms with Crippen LogP contribution in [0.15, 0.2) is 26.3 Å². The van der Waals surface area contributed by atoms with Gasteiger partial charge in [0.15, 0.2) is 0 Å². The van der Waals surface area contributed by atoms with Crippen LogP contribution in [0.25, 0.3) is 11.5 Å². The Kier molecular flexibility index (Phi) is 3.73. The maximum absolute atomic E-state index is 12.6. The van der Waals surface area contributed by atoms with Gasteiger partial charge in [-0.25, -0.2) is 8.42 Å². The molecule has 4 rings (SSSR count). The van der Waals surface area contributed by atoms with E-state index in [4.69, 9.17) is 8.83 Å². The number of nitrogens with zero attached hydrogens (tertiary/aromatic N) is 3. The van der Waals surface area contributed by atoms with Crippen molar-refractivity contribution < 1.29 is 17.3 Å². The zero-order valence-electron chi connectivity index (χ0n) is 12.8. The molecule has 8 heteroatoms. The quantitative estimate of drug-likeness (QED) is 0.852. The van der Waals surface area contributed by atoms with Crippen LogP contribution < -0.4 is 0 Å². The van der Waals surface area contributed by atoms with Crippen LogP contribution in [-0.2, 0) is 10.0 Å². The molecule has 7 nitrogen and oxygen atoms in total. The van der Waals surface area contributed by atoms with Gasteiger partial charge in [-0.1, -0.05) is 12.8 Å². The number of piperidine rings is 1. The summed E-state index contributed by atoms with van der Waals surface area (Å²) in [5.74, 6) is 1.29.